The summed E-state index contributed by atoms with van der Waals surface area (Å²) in [5.74, 6) is -0.000715. The summed E-state index contributed by atoms with van der Waals surface area (Å²) in [7, 11) is 0. The van der Waals surface area contributed by atoms with Gasteiger partial charge in [-0.3, -0.25) is 4.79 Å². The fraction of sp³-hybridized carbons (Fsp3) is 0.619. The zero-order chi connectivity index (χ0) is 18.2. The highest BCUT2D eigenvalue weighted by atomic mass is 79.9. The van der Waals surface area contributed by atoms with Gasteiger partial charge in [-0.1, -0.05) is 105 Å². The number of hydrazone groups is 1. The number of carbonyl (C=O) groups excluding carboxylic acids is 1. The van der Waals surface area contributed by atoms with Gasteiger partial charge in [0.1, 0.15) is 0 Å². The van der Waals surface area contributed by atoms with E-state index >= 15 is 0 Å². The van der Waals surface area contributed by atoms with Crippen molar-refractivity contribution in [2.75, 3.05) is 0 Å². The van der Waals surface area contributed by atoms with Gasteiger partial charge in [0, 0.05) is 16.5 Å². The summed E-state index contributed by atoms with van der Waals surface area (Å²) in [6.45, 7) is 2.26. The smallest absolute Gasteiger partial charge is 0.240 e. The molecule has 3 nitrogen and oxygen atoms in total. The topological polar surface area (TPSA) is 41.5 Å². The lowest BCUT2D eigenvalue weighted by atomic mass is 10.1. The van der Waals surface area contributed by atoms with Crippen molar-refractivity contribution in [1.82, 2.24) is 5.43 Å². The Morgan fingerprint density at radius 1 is 0.960 bits per heavy atom. The average Bonchev–Trinajstić information content (AvgIpc) is 2.61. The molecule has 4 heteroatoms. The monoisotopic (exact) mass is 408 g/mol. The molecule has 1 N–H and O–H groups in total. The minimum Gasteiger partial charge on any atom is -0.273 e. The predicted molar refractivity (Wildman–Crippen MR) is 111 cm³/mol. The highest BCUT2D eigenvalue weighted by Gasteiger charge is 2.00. The Hall–Kier alpha value is -1.16. The van der Waals surface area contributed by atoms with Crippen molar-refractivity contribution in [2.24, 2.45) is 5.10 Å². The van der Waals surface area contributed by atoms with Gasteiger partial charge in [0.15, 0.2) is 0 Å². The van der Waals surface area contributed by atoms with Crippen LogP contribution < -0.4 is 5.43 Å². The molecule has 0 bridgehead atoms. The van der Waals surface area contributed by atoms with Gasteiger partial charge < -0.3 is 0 Å². The molecule has 0 aliphatic rings. The van der Waals surface area contributed by atoms with Crippen LogP contribution in [-0.2, 0) is 4.79 Å². The van der Waals surface area contributed by atoms with E-state index in [1.54, 1.807) is 6.21 Å². The predicted octanol–water partition coefficient (Wildman–Crippen LogP) is 6.60. The molecule has 0 fully saturated rings. The first-order valence-corrected chi connectivity index (χ1v) is 10.6. The van der Waals surface area contributed by atoms with E-state index in [2.05, 4.69) is 33.4 Å². The summed E-state index contributed by atoms with van der Waals surface area (Å²) in [5.41, 5.74) is 3.56. The number of hydrogen-bond acceptors (Lipinski definition) is 2. The molecule has 140 valence electrons. The van der Waals surface area contributed by atoms with E-state index in [1.165, 1.54) is 57.8 Å². The highest BCUT2D eigenvalue weighted by Crippen LogP contribution is 2.13. The van der Waals surface area contributed by atoms with E-state index in [4.69, 9.17) is 0 Å². The van der Waals surface area contributed by atoms with Crippen molar-refractivity contribution in [2.45, 2.75) is 84.0 Å². The molecule has 1 amide bonds. The maximum atomic E-state index is 11.7. The van der Waals surface area contributed by atoms with E-state index in [9.17, 15) is 4.79 Å². The zero-order valence-electron chi connectivity index (χ0n) is 15.6. The number of halogens is 1. The number of carbonyl (C=O) groups is 1. The van der Waals surface area contributed by atoms with Crippen LogP contribution in [0.1, 0.15) is 89.5 Å². The maximum Gasteiger partial charge on any atom is 0.240 e. The largest absolute Gasteiger partial charge is 0.273 e. The van der Waals surface area contributed by atoms with Crippen molar-refractivity contribution in [1.29, 1.82) is 0 Å². The number of nitrogens with zero attached hydrogens (tertiary/aromatic N) is 1. The van der Waals surface area contributed by atoms with Gasteiger partial charge in [-0.05, 0) is 12.5 Å². The third kappa shape index (κ3) is 11.9. The van der Waals surface area contributed by atoms with Gasteiger partial charge in [-0.2, -0.15) is 5.10 Å². The van der Waals surface area contributed by atoms with E-state index in [0.717, 1.165) is 22.9 Å². The summed E-state index contributed by atoms with van der Waals surface area (Å²) >= 11 is 3.45. The minimum absolute atomic E-state index is 0.000715. The first-order chi connectivity index (χ1) is 12.2. The number of hydrogen-bond donors (Lipinski definition) is 1. The number of rotatable bonds is 14. The third-order valence-electron chi connectivity index (χ3n) is 4.31. The van der Waals surface area contributed by atoms with Gasteiger partial charge in [0.2, 0.25) is 5.91 Å². The molecule has 0 unspecified atom stereocenters. The van der Waals surface area contributed by atoms with Crippen LogP contribution in [0, 0.1) is 0 Å². The second-order valence-corrected chi connectivity index (χ2v) is 7.45. The van der Waals surface area contributed by atoms with Crippen LogP contribution in [0.25, 0.3) is 0 Å². The Bertz CT molecular complexity index is 502. The Kier molecular flexibility index (Phi) is 13.2. The maximum absolute atomic E-state index is 11.7. The van der Waals surface area contributed by atoms with Crippen LogP contribution in [0.15, 0.2) is 33.8 Å². The lowest BCUT2D eigenvalue weighted by Gasteiger charge is -2.03. The molecule has 1 aromatic rings. The fourth-order valence-electron chi connectivity index (χ4n) is 2.76. The normalized spacial score (nSPS) is 11.1. The number of unbranched alkanes of at least 4 members (excludes halogenated alkanes) is 10. The number of benzene rings is 1. The summed E-state index contributed by atoms with van der Waals surface area (Å²) in [6, 6.07) is 7.80. The number of nitrogens with one attached hydrogen (secondary N) is 1. The molecular formula is C21H33BrN2O. The van der Waals surface area contributed by atoms with Crippen molar-refractivity contribution >= 4 is 28.1 Å². The standard InChI is InChI=1S/C21H33BrN2O/c1-2-3-4-5-6-7-8-9-10-11-12-17-21(25)24-23-18-19-15-13-14-16-20(19)22/h13-16,18H,2-12,17H2,1H3,(H,24,25)/b23-18-. The molecule has 0 radical (unpaired) electrons. The molecule has 1 aromatic carbocycles. The van der Waals surface area contributed by atoms with Crippen LogP contribution in [0.2, 0.25) is 0 Å². The van der Waals surface area contributed by atoms with Gasteiger partial charge in [0.25, 0.3) is 0 Å². The molecule has 0 aliphatic heterocycles. The molecule has 1 rings (SSSR count). The minimum atomic E-state index is -0.000715. The van der Waals surface area contributed by atoms with E-state index in [0.29, 0.717) is 6.42 Å². The number of amides is 1. The van der Waals surface area contributed by atoms with Crippen LogP contribution in [-0.4, -0.2) is 12.1 Å². The SMILES string of the molecule is CCCCCCCCCCCCCC(=O)N/N=C\c1ccccc1Br. The quantitative estimate of drug-likeness (QED) is 0.210. The van der Waals surface area contributed by atoms with E-state index < -0.39 is 0 Å². The molecule has 0 spiro atoms. The van der Waals surface area contributed by atoms with E-state index in [-0.39, 0.29) is 5.91 Å². The first-order valence-electron chi connectivity index (χ1n) is 9.80. The third-order valence-corrected chi connectivity index (χ3v) is 5.03. The van der Waals surface area contributed by atoms with Crippen LogP contribution in [0.3, 0.4) is 0 Å². The lowest BCUT2D eigenvalue weighted by molar-refractivity contribution is -0.121. The molecule has 0 aromatic heterocycles. The molecule has 25 heavy (non-hydrogen) atoms. The summed E-state index contributed by atoms with van der Waals surface area (Å²) in [6.07, 6.45) is 16.5. The molecule has 0 aliphatic carbocycles. The van der Waals surface area contributed by atoms with Crippen molar-refractivity contribution < 1.29 is 4.79 Å². The summed E-state index contributed by atoms with van der Waals surface area (Å²) in [4.78, 5) is 11.7. The van der Waals surface area contributed by atoms with Crippen LogP contribution in [0.4, 0.5) is 0 Å². The van der Waals surface area contributed by atoms with Crippen molar-refractivity contribution in [3.05, 3.63) is 34.3 Å². The van der Waals surface area contributed by atoms with Gasteiger partial charge in [-0.15, -0.1) is 0 Å². The second kappa shape index (κ2) is 15.1. The van der Waals surface area contributed by atoms with Crippen molar-refractivity contribution in [3.63, 3.8) is 0 Å². The molecule has 0 saturated heterocycles. The Balaban J connectivity index is 1.94. The summed E-state index contributed by atoms with van der Waals surface area (Å²) in [5, 5.41) is 4.02. The second-order valence-electron chi connectivity index (χ2n) is 6.60. The Labute approximate surface area is 161 Å². The fourth-order valence-corrected chi connectivity index (χ4v) is 3.15. The zero-order valence-corrected chi connectivity index (χ0v) is 17.2. The molecule has 0 atom stereocenters. The van der Waals surface area contributed by atoms with Crippen LogP contribution in [0.5, 0.6) is 0 Å². The average molecular weight is 409 g/mol. The summed E-state index contributed by atoms with van der Waals surface area (Å²) < 4.78 is 0.971. The lowest BCUT2D eigenvalue weighted by Crippen LogP contribution is -2.16. The Morgan fingerprint density at radius 3 is 2.12 bits per heavy atom. The van der Waals surface area contributed by atoms with Gasteiger partial charge in [-0.25, -0.2) is 5.43 Å². The molecule has 0 heterocycles. The van der Waals surface area contributed by atoms with E-state index in [1.807, 2.05) is 24.3 Å². The van der Waals surface area contributed by atoms with Crippen LogP contribution >= 0.6 is 15.9 Å². The van der Waals surface area contributed by atoms with Gasteiger partial charge in [0.05, 0.1) is 6.21 Å². The molecular weight excluding hydrogens is 376 g/mol. The van der Waals surface area contributed by atoms with Gasteiger partial charge >= 0.3 is 0 Å². The van der Waals surface area contributed by atoms with Crippen molar-refractivity contribution in [3.8, 4) is 0 Å². The molecule has 0 saturated carbocycles. The first kappa shape index (κ1) is 21.9. The highest BCUT2D eigenvalue weighted by molar-refractivity contribution is 9.10. The Morgan fingerprint density at radius 2 is 1.52 bits per heavy atom.